The predicted molar refractivity (Wildman–Crippen MR) is 71.1 cm³/mol. The molecule has 0 aliphatic carbocycles. The van der Waals surface area contributed by atoms with E-state index in [1.165, 1.54) is 12.1 Å². The smallest absolute Gasteiger partial charge is 0.123 e. The molecule has 2 rings (SSSR count). The maximum Gasteiger partial charge on any atom is 0.123 e. The molecular weight excluding hydrogens is 243 g/mol. The molecule has 0 saturated carbocycles. The first-order valence-corrected chi connectivity index (χ1v) is 6.64. The number of nitrogens with one attached hydrogen (secondary N) is 1. The van der Waals surface area contributed by atoms with Crippen molar-refractivity contribution in [1.82, 2.24) is 5.32 Å². The van der Waals surface area contributed by atoms with Crippen molar-refractivity contribution in [3.8, 4) is 6.07 Å². The van der Waals surface area contributed by atoms with Gasteiger partial charge in [0.15, 0.2) is 0 Å². The molecule has 1 fully saturated rings. The monoisotopic (exact) mass is 262 g/mol. The molecule has 0 aromatic heterocycles. The molecule has 1 aromatic carbocycles. The van der Waals surface area contributed by atoms with Crippen LogP contribution in [0.2, 0.25) is 0 Å². The van der Waals surface area contributed by atoms with Gasteiger partial charge in [-0.3, -0.25) is 5.32 Å². The molecule has 2 unspecified atom stereocenters. The zero-order chi connectivity index (χ0) is 13.7. The van der Waals surface area contributed by atoms with Crippen molar-refractivity contribution in [1.29, 1.82) is 5.26 Å². The molecule has 1 aromatic rings. The van der Waals surface area contributed by atoms with E-state index < -0.39 is 5.54 Å². The largest absolute Gasteiger partial charge is 0.377 e. The fraction of sp³-hybridized carbons (Fsp3) is 0.533. The second kappa shape index (κ2) is 6.14. The van der Waals surface area contributed by atoms with Gasteiger partial charge in [-0.1, -0.05) is 12.1 Å². The zero-order valence-corrected chi connectivity index (χ0v) is 11.2. The van der Waals surface area contributed by atoms with Crippen molar-refractivity contribution in [3.63, 3.8) is 0 Å². The highest BCUT2D eigenvalue weighted by Crippen LogP contribution is 2.16. The molecule has 1 aliphatic rings. The summed E-state index contributed by atoms with van der Waals surface area (Å²) in [6.45, 7) is 3.31. The third-order valence-electron chi connectivity index (χ3n) is 3.44. The first-order chi connectivity index (χ1) is 9.11. The molecule has 102 valence electrons. The van der Waals surface area contributed by atoms with E-state index in [4.69, 9.17) is 4.74 Å². The van der Waals surface area contributed by atoms with Gasteiger partial charge in [-0.05, 0) is 37.5 Å². The Morgan fingerprint density at radius 2 is 2.42 bits per heavy atom. The number of benzene rings is 1. The van der Waals surface area contributed by atoms with E-state index in [9.17, 15) is 9.65 Å². The summed E-state index contributed by atoms with van der Waals surface area (Å²) in [5, 5.41) is 12.6. The Morgan fingerprint density at radius 1 is 1.58 bits per heavy atom. The third-order valence-corrected chi connectivity index (χ3v) is 3.44. The van der Waals surface area contributed by atoms with Gasteiger partial charge in [0.25, 0.3) is 0 Å². The van der Waals surface area contributed by atoms with Gasteiger partial charge in [0.05, 0.1) is 12.2 Å². The summed E-state index contributed by atoms with van der Waals surface area (Å²) in [5.41, 5.74) is 0.128. The highest BCUT2D eigenvalue weighted by Gasteiger charge is 2.26. The Kier molecular flexibility index (Phi) is 4.52. The van der Waals surface area contributed by atoms with Crippen molar-refractivity contribution >= 4 is 0 Å². The molecular formula is C15H19FN2O. The lowest BCUT2D eigenvalue weighted by Gasteiger charge is -2.25. The average Bonchev–Trinajstić information content (AvgIpc) is 2.90. The van der Waals surface area contributed by atoms with Gasteiger partial charge in [0.2, 0.25) is 0 Å². The average molecular weight is 262 g/mol. The number of halogens is 1. The summed E-state index contributed by atoms with van der Waals surface area (Å²) >= 11 is 0. The van der Waals surface area contributed by atoms with E-state index in [1.807, 2.05) is 13.0 Å². The van der Waals surface area contributed by atoms with Crippen LogP contribution in [0.1, 0.15) is 25.3 Å². The Morgan fingerprint density at radius 3 is 3.05 bits per heavy atom. The van der Waals surface area contributed by atoms with Crippen LogP contribution in [-0.2, 0) is 11.2 Å². The van der Waals surface area contributed by atoms with Gasteiger partial charge < -0.3 is 4.74 Å². The minimum atomic E-state index is -0.695. The maximum atomic E-state index is 13.2. The van der Waals surface area contributed by atoms with E-state index >= 15 is 0 Å². The van der Waals surface area contributed by atoms with E-state index in [0.717, 1.165) is 25.0 Å². The minimum Gasteiger partial charge on any atom is -0.377 e. The van der Waals surface area contributed by atoms with E-state index in [0.29, 0.717) is 13.0 Å². The van der Waals surface area contributed by atoms with Crippen LogP contribution in [0, 0.1) is 17.1 Å². The lowest BCUT2D eigenvalue weighted by Crippen LogP contribution is -2.46. The van der Waals surface area contributed by atoms with Gasteiger partial charge in [-0.15, -0.1) is 0 Å². The van der Waals surface area contributed by atoms with Crippen LogP contribution in [0.4, 0.5) is 4.39 Å². The lowest BCUT2D eigenvalue weighted by atomic mass is 9.94. The summed E-state index contributed by atoms with van der Waals surface area (Å²) in [6.07, 6.45) is 2.79. The third kappa shape index (κ3) is 4.02. The highest BCUT2D eigenvalue weighted by atomic mass is 19.1. The number of hydrogen-bond donors (Lipinski definition) is 1. The Bertz CT molecular complexity index is 465. The van der Waals surface area contributed by atoms with E-state index in [1.54, 1.807) is 6.07 Å². The topological polar surface area (TPSA) is 45.0 Å². The number of nitrogens with zero attached hydrogens (tertiary/aromatic N) is 1. The molecule has 0 bridgehead atoms. The van der Waals surface area contributed by atoms with E-state index in [-0.39, 0.29) is 11.9 Å². The van der Waals surface area contributed by atoms with Gasteiger partial charge >= 0.3 is 0 Å². The van der Waals surface area contributed by atoms with Crippen molar-refractivity contribution in [2.45, 2.75) is 37.8 Å². The molecule has 1 N–H and O–H groups in total. The SMILES string of the molecule is CC(C#N)(Cc1cccc(F)c1)NCC1CCCO1. The summed E-state index contributed by atoms with van der Waals surface area (Å²) in [7, 11) is 0. The van der Waals surface area contributed by atoms with Crippen LogP contribution < -0.4 is 5.32 Å². The highest BCUT2D eigenvalue weighted by molar-refractivity contribution is 5.22. The fourth-order valence-corrected chi connectivity index (χ4v) is 2.34. The predicted octanol–water partition coefficient (Wildman–Crippen LogP) is 2.42. The van der Waals surface area contributed by atoms with Crippen molar-refractivity contribution in [2.24, 2.45) is 0 Å². The maximum absolute atomic E-state index is 13.2. The van der Waals surface area contributed by atoms with Crippen molar-refractivity contribution in [3.05, 3.63) is 35.6 Å². The number of ether oxygens (including phenoxy) is 1. The van der Waals surface area contributed by atoms with Crippen LogP contribution >= 0.6 is 0 Å². The first-order valence-electron chi connectivity index (χ1n) is 6.64. The van der Waals surface area contributed by atoms with Gasteiger partial charge in [-0.25, -0.2) is 4.39 Å². The molecule has 4 heteroatoms. The zero-order valence-electron chi connectivity index (χ0n) is 11.2. The van der Waals surface area contributed by atoms with Crippen LogP contribution in [0.3, 0.4) is 0 Å². The van der Waals surface area contributed by atoms with Crippen LogP contribution in [-0.4, -0.2) is 24.8 Å². The minimum absolute atomic E-state index is 0.195. The van der Waals surface area contributed by atoms with Crippen LogP contribution in [0.25, 0.3) is 0 Å². The van der Waals surface area contributed by atoms with Crippen LogP contribution in [0.15, 0.2) is 24.3 Å². The fourth-order valence-electron chi connectivity index (χ4n) is 2.34. The van der Waals surface area contributed by atoms with Gasteiger partial charge in [-0.2, -0.15) is 5.26 Å². The quantitative estimate of drug-likeness (QED) is 0.886. The molecule has 3 nitrogen and oxygen atoms in total. The molecule has 1 saturated heterocycles. The second-order valence-corrected chi connectivity index (χ2v) is 5.27. The van der Waals surface area contributed by atoms with E-state index in [2.05, 4.69) is 11.4 Å². The molecule has 0 amide bonds. The Labute approximate surface area is 113 Å². The molecule has 1 aliphatic heterocycles. The molecule has 2 atom stereocenters. The summed E-state index contributed by atoms with van der Waals surface area (Å²) in [4.78, 5) is 0. The summed E-state index contributed by atoms with van der Waals surface area (Å²) < 4.78 is 18.7. The van der Waals surface area contributed by atoms with Crippen molar-refractivity contribution in [2.75, 3.05) is 13.2 Å². The Hall–Kier alpha value is -1.44. The molecule has 0 spiro atoms. The number of rotatable bonds is 5. The number of hydrogen-bond acceptors (Lipinski definition) is 3. The first kappa shape index (κ1) is 14.0. The lowest BCUT2D eigenvalue weighted by molar-refractivity contribution is 0.105. The Balaban J connectivity index is 1.95. The normalized spacial score (nSPS) is 21.8. The summed E-state index contributed by atoms with van der Waals surface area (Å²) in [5.74, 6) is -0.267. The summed E-state index contributed by atoms with van der Waals surface area (Å²) in [6, 6.07) is 8.68. The molecule has 19 heavy (non-hydrogen) atoms. The van der Waals surface area contributed by atoms with Gasteiger partial charge in [0, 0.05) is 19.6 Å². The van der Waals surface area contributed by atoms with Crippen molar-refractivity contribution < 1.29 is 9.13 Å². The van der Waals surface area contributed by atoms with Crippen LogP contribution in [0.5, 0.6) is 0 Å². The van der Waals surface area contributed by atoms with Gasteiger partial charge in [0.1, 0.15) is 11.4 Å². The standard InChI is InChI=1S/C15H19FN2O/c1-15(11-17,18-10-14-6-3-7-19-14)9-12-4-2-5-13(16)8-12/h2,4-5,8,14,18H,3,6-7,9-10H2,1H3. The number of nitriles is 1. The molecule has 1 heterocycles. The molecule has 0 radical (unpaired) electrons. The second-order valence-electron chi connectivity index (χ2n) is 5.27.